The van der Waals surface area contributed by atoms with E-state index >= 15 is 0 Å². The van der Waals surface area contributed by atoms with Crippen molar-refractivity contribution in [3.63, 3.8) is 0 Å². The summed E-state index contributed by atoms with van der Waals surface area (Å²) >= 11 is 0. The Hall–Kier alpha value is -2.61. The number of amides is 1. The van der Waals surface area contributed by atoms with Gasteiger partial charge in [-0.3, -0.25) is 4.98 Å². The van der Waals surface area contributed by atoms with Crippen molar-refractivity contribution >= 4 is 17.0 Å². The quantitative estimate of drug-likeness (QED) is 0.804. The van der Waals surface area contributed by atoms with Gasteiger partial charge in [0.25, 0.3) is 0 Å². The number of fused-ring (bicyclic) bond motifs is 1. The highest BCUT2D eigenvalue weighted by atomic mass is 16.6. The van der Waals surface area contributed by atoms with Gasteiger partial charge in [0.15, 0.2) is 0 Å². The molecular formula is C18H21N3O2. The zero-order chi connectivity index (χ0) is 17.0. The molecule has 5 nitrogen and oxygen atoms in total. The van der Waals surface area contributed by atoms with Gasteiger partial charge in [0.2, 0.25) is 6.54 Å². The SMILES string of the molecule is [C-]#[N+]Cc1cccc2ccc(CN(C)C(=O)OC(C)(C)C)nc12. The van der Waals surface area contributed by atoms with Crippen molar-refractivity contribution in [1.82, 2.24) is 9.88 Å². The number of rotatable bonds is 3. The molecule has 0 saturated heterocycles. The molecule has 0 aliphatic heterocycles. The Bertz CT molecular complexity index is 757. The second-order valence-corrected chi connectivity index (χ2v) is 6.44. The Kier molecular flexibility index (Phi) is 4.85. The van der Waals surface area contributed by atoms with Crippen LogP contribution in [0.2, 0.25) is 0 Å². The number of benzene rings is 1. The summed E-state index contributed by atoms with van der Waals surface area (Å²) in [6.45, 7) is 13.2. The summed E-state index contributed by atoms with van der Waals surface area (Å²) in [4.78, 5) is 21.6. The first-order valence-corrected chi connectivity index (χ1v) is 7.45. The van der Waals surface area contributed by atoms with Crippen molar-refractivity contribution in [2.75, 3.05) is 7.05 Å². The average molecular weight is 311 g/mol. The normalized spacial score (nSPS) is 11.1. The van der Waals surface area contributed by atoms with E-state index in [0.717, 1.165) is 22.2 Å². The summed E-state index contributed by atoms with van der Waals surface area (Å²) in [6.07, 6.45) is -0.381. The largest absolute Gasteiger partial charge is 0.444 e. The topological polar surface area (TPSA) is 46.8 Å². The molecule has 0 fully saturated rings. The number of aromatic nitrogens is 1. The number of carbonyl (C=O) groups is 1. The van der Waals surface area contributed by atoms with E-state index < -0.39 is 5.60 Å². The van der Waals surface area contributed by atoms with Crippen LogP contribution in [-0.4, -0.2) is 28.6 Å². The molecule has 5 heteroatoms. The van der Waals surface area contributed by atoms with Gasteiger partial charge in [0.05, 0.1) is 23.3 Å². The third-order valence-corrected chi connectivity index (χ3v) is 3.22. The van der Waals surface area contributed by atoms with E-state index in [1.807, 2.05) is 51.1 Å². The lowest BCUT2D eigenvalue weighted by molar-refractivity contribution is 0.0283. The molecule has 0 bridgehead atoms. The number of hydrogen-bond donors (Lipinski definition) is 0. The molecule has 0 saturated carbocycles. The Labute approximate surface area is 136 Å². The first kappa shape index (κ1) is 16.8. The van der Waals surface area contributed by atoms with E-state index in [9.17, 15) is 4.79 Å². The Morgan fingerprint density at radius 3 is 2.70 bits per heavy atom. The first-order valence-electron chi connectivity index (χ1n) is 7.45. The minimum Gasteiger partial charge on any atom is -0.444 e. The maximum absolute atomic E-state index is 12.0. The molecule has 1 aromatic heterocycles. The Morgan fingerprint density at radius 1 is 1.30 bits per heavy atom. The molecule has 0 atom stereocenters. The summed E-state index contributed by atoms with van der Waals surface area (Å²) < 4.78 is 5.34. The van der Waals surface area contributed by atoms with Gasteiger partial charge < -0.3 is 14.5 Å². The Morgan fingerprint density at radius 2 is 2.04 bits per heavy atom. The number of carbonyl (C=O) groups excluding carboxylic acids is 1. The van der Waals surface area contributed by atoms with E-state index in [-0.39, 0.29) is 6.09 Å². The monoisotopic (exact) mass is 311 g/mol. The predicted octanol–water partition coefficient (Wildman–Crippen LogP) is 4.02. The van der Waals surface area contributed by atoms with Crippen LogP contribution < -0.4 is 0 Å². The van der Waals surface area contributed by atoms with Gasteiger partial charge in [-0.05, 0) is 32.9 Å². The van der Waals surface area contributed by atoms with Gasteiger partial charge in [-0.1, -0.05) is 18.2 Å². The van der Waals surface area contributed by atoms with Gasteiger partial charge >= 0.3 is 6.09 Å². The maximum atomic E-state index is 12.0. The highest BCUT2D eigenvalue weighted by Crippen LogP contribution is 2.19. The zero-order valence-corrected chi connectivity index (χ0v) is 14.0. The van der Waals surface area contributed by atoms with Crippen LogP contribution >= 0.6 is 0 Å². The minimum atomic E-state index is -0.523. The van der Waals surface area contributed by atoms with Gasteiger partial charge in [-0.2, -0.15) is 0 Å². The van der Waals surface area contributed by atoms with Crippen molar-refractivity contribution < 1.29 is 9.53 Å². The van der Waals surface area contributed by atoms with E-state index in [1.165, 1.54) is 4.90 Å². The molecule has 23 heavy (non-hydrogen) atoms. The number of nitrogens with zero attached hydrogens (tertiary/aromatic N) is 3. The fourth-order valence-corrected chi connectivity index (χ4v) is 2.20. The van der Waals surface area contributed by atoms with Crippen LogP contribution in [0.25, 0.3) is 15.7 Å². The summed E-state index contributed by atoms with van der Waals surface area (Å²) in [5, 5.41) is 0.995. The minimum absolute atomic E-state index is 0.301. The second-order valence-electron chi connectivity index (χ2n) is 6.44. The molecule has 1 heterocycles. The van der Waals surface area contributed by atoms with Gasteiger partial charge in [-0.25, -0.2) is 11.4 Å². The molecule has 0 aliphatic carbocycles. The van der Waals surface area contributed by atoms with E-state index in [4.69, 9.17) is 11.3 Å². The third-order valence-electron chi connectivity index (χ3n) is 3.22. The van der Waals surface area contributed by atoms with E-state index in [0.29, 0.717) is 13.1 Å². The molecule has 0 radical (unpaired) electrons. The van der Waals surface area contributed by atoms with Crippen molar-refractivity contribution in [1.29, 1.82) is 0 Å². The van der Waals surface area contributed by atoms with Gasteiger partial charge in [0, 0.05) is 12.4 Å². The molecule has 0 aliphatic rings. The lowest BCUT2D eigenvalue weighted by Crippen LogP contribution is -2.34. The van der Waals surface area contributed by atoms with Crippen molar-refractivity contribution in [3.05, 3.63) is 53.0 Å². The molecule has 1 aromatic carbocycles. The van der Waals surface area contributed by atoms with Crippen molar-refractivity contribution in [3.8, 4) is 0 Å². The molecule has 0 spiro atoms. The van der Waals surface area contributed by atoms with Crippen molar-refractivity contribution in [2.24, 2.45) is 0 Å². The molecule has 2 aromatic rings. The second kappa shape index (κ2) is 6.66. The van der Waals surface area contributed by atoms with Crippen LogP contribution in [0.5, 0.6) is 0 Å². The predicted molar refractivity (Wildman–Crippen MR) is 89.8 cm³/mol. The number of hydrogen-bond acceptors (Lipinski definition) is 3. The zero-order valence-electron chi connectivity index (χ0n) is 14.0. The van der Waals surface area contributed by atoms with Crippen LogP contribution in [0.3, 0.4) is 0 Å². The summed E-state index contributed by atoms with van der Waals surface area (Å²) in [7, 11) is 1.69. The summed E-state index contributed by atoms with van der Waals surface area (Å²) in [6, 6.07) is 9.67. The maximum Gasteiger partial charge on any atom is 0.410 e. The summed E-state index contributed by atoms with van der Waals surface area (Å²) in [5.74, 6) is 0. The molecule has 2 rings (SSSR count). The number of ether oxygens (including phenoxy) is 1. The molecule has 0 N–H and O–H groups in total. The highest BCUT2D eigenvalue weighted by Gasteiger charge is 2.20. The number of pyridine rings is 1. The van der Waals surface area contributed by atoms with E-state index in [2.05, 4.69) is 9.83 Å². The summed E-state index contributed by atoms with van der Waals surface area (Å²) in [5.41, 5.74) is 1.96. The lowest BCUT2D eigenvalue weighted by atomic mass is 10.1. The molecular weight excluding hydrogens is 290 g/mol. The molecule has 0 unspecified atom stereocenters. The number of para-hydroxylation sites is 1. The standard InChI is InChI=1S/C18H21N3O2/c1-18(2,3)23-17(22)21(5)12-15-10-9-13-7-6-8-14(11-19-4)16(13)20-15/h6-10H,11-12H2,1-3,5H3. The van der Waals surface area contributed by atoms with Crippen LogP contribution in [0.4, 0.5) is 4.79 Å². The van der Waals surface area contributed by atoms with Gasteiger partial charge in [-0.15, -0.1) is 0 Å². The molecule has 1 amide bonds. The van der Waals surface area contributed by atoms with Crippen molar-refractivity contribution in [2.45, 2.75) is 39.5 Å². The van der Waals surface area contributed by atoms with Crippen LogP contribution in [0, 0.1) is 6.57 Å². The van der Waals surface area contributed by atoms with E-state index in [1.54, 1.807) is 7.05 Å². The highest BCUT2D eigenvalue weighted by molar-refractivity contribution is 5.82. The average Bonchev–Trinajstić information content (AvgIpc) is 2.46. The first-order chi connectivity index (χ1) is 10.8. The molecule has 120 valence electrons. The Balaban J connectivity index is 2.22. The lowest BCUT2D eigenvalue weighted by Gasteiger charge is -2.24. The van der Waals surface area contributed by atoms with Crippen LogP contribution in [0.1, 0.15) is 32.0 Å². The fraction of sp³-hybridized carbons (Fsp3) is 0.389. The van der Waals surface area contributed by atoms with Gasteiger partial charge in [0.1, 0.15) is 5.60 Å². The van der Waals surface area contributed by atoms with Crippen LogP contribution in [0.15, 0.2) is 30.3 Å². The fourth-order valence-electron chi connectivity index (χ4n) is 2.20. The smallest absolute Gasteiger partial charge is 0.410 e. The third kappa shape index (κ3) is 4.43. The van der Waals surface area contributed by atoms with Crippen LogP contribution in [-0.2, 0) is 17.8 Å².